The van der Waals surface area contributed by atoms with Gasteiger partial charge in [0.05, 0.1) is 12.2 Å². The number of nitrogens with zero attached hydrogens (tertiary/aromatic N) is 4. The number of anilines is 1. The van der Waals surface area contributed by atoms with Crippen molar-refractivity contribution < 1.29 is 23.9 Å². The van der Waals surface area contributed by atoms with Gasteiger partial charge in [-0.2, -0.15) is 0 Å². The molecule has 0 bridgehead atoms. The Hall–Kier alpha value is -3.68. The first kappa shape index (κ1) is 27.6. The van der Waals surface area contributed by atoms with Crippen molar-refractivity contribution in [1.29, 1.82) is 0 Å². The third-order valence-electron chi connectivity index (χ3n) is 4.68. The van der Waals surface area contributed by atoms with Crippen LogP contribution in [0.3, 0.4) is 0 Å². The van der Waals surface area contributed by atoms with Gasteiger partial charge in [0.15, 0.2) is 0 Å². The highest BCUT2D eigenvalue weighted by Crippen LogP contribution is 2.23. The van der Waals surface area contributed by atoms with Crippen LogP contribution >= 0.6 is 0 Å². The molecule has 0 atom stereocenters. The minimum Gasteiger partial charge on any atom is -0.444 e. The van der Waals surface area contributed by atoms with E-state index in [9.17, 15) is 14.4 Å². The van der Waals surface area contributed by atoms with E-state index >= 15 is 0 Å². The van der Waals surface area contributed by atoms with E-state index in [0.29, 0.717) is 32.1 Å². The highest BCUT2D eigenvalue weighted by molar-refractivity contribution is 5.95. The lowest BCUT2D eigenvalue weighted by Crippen LogP contribution is -2.50. The monoisotopic (exact) mass is 488 g/mol. The molecule has 1 aliphatic heterocycles. The summed E-state index contributed by atoms with van der Waals surface area (Å²) in [6, 6.07) is 0. The minimum atomic E-state index is -0.675. The Bertz CT molecular complexity index is 1030. The van der Waals surface area contributed by atoms with Crippen LogP contribution < -0.4 is 16.0 Å². The summed E-state index contributed by atoms with van der Waals surface area (Å²) in [5.74, 6) is 5.59. The average molecular weight is 489 g/mol. The smallest absolute Gasteiger partial charge is 0.411 e. The molecular weight excluding hydrogens is 452 g/mol. The van der Waals surface area contributed by atoms with Crippen LogP contribution in [-0.2, 0) is 16.0 Å². The van der Waals surface area contributed by atoms with Crippen LogP contribution in [0.1, 0.15) is 64.6 Å². The van der Waals surface area contributed by atoms with Crippen LogP contribution in [0.5, 0.6) is 0 Å². The molecule has 1 saturated heterocycles. The summed E-state index contributed by atoms with van der Waals surface area (Å²) < 4.78 is 12.3. The molecule has 3 amide bonds. The van der Waals surface area contributed by atoms with Gasteiger partial charge < -0.3 is 25.0 Å². The van der Waals surface area contributed by atoms with E-state index in [1.807, 2.05) is 25.7 Å². The zero-order valence-electron chi connectivity index (χ0n) is 21.6. The van der Waals surface area contributed by atoms with Crippen molar-refractivity contribution in [2.45, 2.75) is 66.2 Å². The molecule has 11 heteroatoms. The van der Waals surface area contributed by atoms with Gasteiger partial charge in [0.25, 0.3) is 5.91 Å². The number of piperazine rings is 1. The van der Waals surface area contributed by atoms with Crippen LogP contribution in [0.4, 0.5) is 15.5 Å². The van der Waals surface area contributed by atoms with Crippen LogP contribution in [0.15, 0.2) is 6.20 Å². The van der Waals surface area contributed by atoms with Crippen molar-refractivity contribution in [2.75, 3.05) is 31.1 Å². The number of primary amides is 1. The average Bonchev–Trinajstić information content (AvgIpc) is 3.08. The summed E-state index contributed by atoms with van der Waals surface area (Å²) in [5.41, 5.74) is 4.92. The third-order valence-corrected chi connectivity index (χ3v) is 4.68. The highest BCUT2D eigenvalue weighted by Gasteiger charge is 2.29. The van der Waals surface area contributed by atoms with Gasteiger partial charge in [0.1, 0.15) is 16.9 Å². The number of imidazole rings is 1. The Labute approximate surface area is 206 Å². The Morgan fingerprint density at radius 3 is 2.17 bits per heavy atom. The molecule has 1 aromatic rings. The molecular formula is C24H36N6O5. The molecule has 1 fully saturated rings. The predicted molar refractivity (Wildman–Crippen MR) is 133 cm³/mol. The van der Waals surface area contributed by atoms with Gasteiger partial charge in [-0.1, -0.05) is 5.92 Å². The summed E-state index contributed by atoms with van der Waals surface area (Å²) in [6.07, 6.45) is 1.83. The lowest BCUT2D eigenvalue weighted by molar-refractivity contribution is 0.0239. The number of carbonyl (C=O) groups is 3. The number of hydrogen-bond acceptors (Lipinski definition) is 7. The normalized spacial score (nSPS) is 14.4. The first-order valence-corrected chi connectivity index (χ1v) is 11.4. The molecule has 1 aromatic heterocycles. The Morgan fingerprint density at radius 1 is 1.06 bits per heavy atom. The molecule has 11 nitrogen and oxygen atoms in total. The molecule has 0 aromatic carbocycles. The van der Waals surface area contributed by atoms with Crippen LogP contribution in [-0.4, -0.2) is 69.9 Å². The molecule has 2 rings (SSSR count). The second kappa shape index (κ2) is 11.2. The standard InChI is InChI=1S/C24H36N6O5/c1-8-9-12-30-18(19(25)31)17(10-11-26-21(32)34-23(2,3)4)27-20(30)28-13-15-29(16-14-28)22(33)35-24(5,6)7/h10-11H,12-16H2,1-7H3,(H2,25,31)(H,26,32). The largest absolute Gasteiger partial charge is 0.444 e. The van der Waals surface area contributed by atoms with Crippen molar-refractivity contribution >= 4 is 30.1 Å². The number of alkyl carbamates (subject to hydrolysis) is 1. The highest BCUT2D eigenvalue weighted by atomic mass is 16.6. The number of nitrogens with one attached hydrogen (secondary N) is 1. The van der Waals surface area contributed by atoms with E-state index in [1.165, 1.54) is 12.3 Å². The lowest BCUT2D eigenvalue weighted by atomic mass is 10.2. The number of aromatic nitrogens is 2. The summed E-state index contributed by atoms with van der Waals surface area (Å²) in [5, 5.41) is 2.50. The number of hydrogen-bond donors (Lipinski definition) is 2. The van der Waals surface area contributed by atoms with E-state index in [2.05, 4.69) is 22.1 Å². The summed E-state index contributed by atoms with van der Waals surface area (Å²) in [7, 11) is 0. The maximum atomic E-state index is 12.4. The third kappa shape index (κ3) is 8.24. The summed E-state index contributed by atoms with van der Waals surface area (Å²) in [6.45, 7) is 14.5. The topological polar surface area (TPSA) is 132 Å². The van der Waals surface area contributed by atoms with Crippen molar-refractivity contribution in [1.82, 2.24) is 19.8 Å². The Morgan fingerprint density at radius 2 is 1.66 bits per heavy atom. The summed E-state index contributed by atoms with van der Waals surface area (Å²) >= 11 is 0. The predicted octanol–water partition coefficient (Wildman–Crippen LogP) is 2.56. The van der Waals surface area contributed by atoms with Gasteiger partial charge in [-0.3, -0.25) is 14.7 Å². The Balaban J connectivity index is 2.27. The fourth-order valence-electron chi connectivity index (χ4n) is 3.30. The second-order valence-corrected chi connectivity index (χ2v) is 9.96. The van der Waals surface area contributed by atoms with Crippen molar-refractivity contribution in [3.63, 3.8) is 0 Å². The van der Waals surface area contributed by atoms with Crippen LogP contribution in [0.25, 0.3) is 6.08 Å². The van der Waals surface area contributed by atoms with E-state index in [-0.39, 0.29) is 24.0 Å². The lowest BCUT2D eigenvalue weighted by Gasteiger charge is -2.36. The number of rotatable bonds is 5. The first-order chi connectivity index (χ1) is 16.2. The van der Waals surface area contributed by atoms with Gasteiger partial charge in [-0.25, -0.2) is 14.6 Å². The first-order valence-electron chi connectivity index (χ1n) is 11.4. The number of carbonyl (C=O) groups excluding carboxylic acids is 3. The zero-order valence-corrected chi connectivity index (χ0v) is 21.6. The van der Waals surface area contributed by atoms with Gasteiger partial charge in [-0.15, -0.1) is 5.92 Å². The van der Waals surface area contributed by atoms with Gasteiger partial charge in [-0.05, 0) is 54.5 Å². The molecule has 0 radical (unpaired) electrons. The molecule has 0 spiro atoms. The van der Waals surface area contributed by atoms with Gasteiger partial charge in [0.2, 0.25) is 5.95 Å². The maximum Gasteiger partial charge on any atom is 0.411 e. The Kier molecular flexibility index (Phi) is 8.79. The molecule has 3 N–H and O–H groups in total. The maximum absolute atomic E-state index is 12.4. The van der Waals surface area contributed by atoms with E-state index in [0.717, 1.165) is 0 Å². The fourth-order valence-corrected chi connectivity index (χ4v) is 3.30. The molecule has 0 saturated carbocycles. The van der Waals surface area contributed by atoms with E-state index in [1.54, 1.807) is 37.2 Å². The molecule has 1 aliphatic rings. The molecule has 0 aliphatic carbocycles. The SMILES string of the molecule is CC#CCn1c(N2CCN(C(=O)OC(C)(C)C)CC2)nc(C=CNC(=O)OC(C)(C)C)c1C(N)=O. The van der Waals surface area contributed by atoms with Crippen molar-refractivity contribution in [3.05, 3.63) is 17.6 Å². The fraction of sp³-hybridized carbons (Fsp3) is 0.583. The zero-order chi connectivity index (χ0) is 26.4. The molecule has 192 valence electrons. The van der Waals surface area contributed by atoms with Crippen molar-refractivity contribution in [2.24, 2.45) is 5.73 Å². The van der Waals surface area contributed by atoms with Crippen LogP contribution in [0.2, 0.25) is 0 Å². The molecule has 2 heterocycles. The van der Waals surface area contributed by atoms with Crippen molar-refractivity contribution in [3.8, 4) is 11.8 Å². The van der Waals surface area contributed by atoms with Gasteiger partial charge >= 0.3 is 12.2 Å². The van der Waals surface area contributed by atoms with Gasteiger partial charge in [0, 0.05) is 32.4 Å². The second-order valence-electron chi connectivity index (χ2n) is 9.96. The minimum absolute atomic E-state index is 0.166. The van der Waals surface area contributed by atoms with E-state index < -0.39 is 23.2 Å². The van der Waals surface area contributed by atoms with Crippen LogP contribution in [0, 0.1) is 11.8 Å². The van der Waals surface area contributed by atoms with E-state index in [4.69, 9.17) is 15.2 Å². The quantitative estimate of drug-likeness (QED) is 0.609. The number of nitrogens with two attached hydrogens (primary N) is 1. The molecule has 35 heavy (non-hydrogen) atoms. The molecule has 0 unspecified atom stereocenters. The number of ether oxygens (including phenoxy) is 2. The number of amides is 3. The summed E-state index contributed by atoms with van der Waals surface area (Å²) in [4.78, 5) is 44.9.